The van der Waals surface area contributed by atoms with Gasteiger partial charge in [0.25, 0.3) is 0 Å². The first-order valence-electron chi connectivity index (χ1n) is 13.0. The van der Waals surface area contributed by atoms with Crippen LogP contribution in [0.1, 0.15) is 76.6 Å². The summed E-state index contributed by atoms with van der Waals surface area (Å²) in [4.78, 5) is 9.86. The predicted octanol–water partition coefficient (Wildman–Crippen LogP) is 9.18. The molecule has 2 nitrogen and oxygen atoms in total. The molecule has 0 atom stereocenters. The Hall–Kier alpha value is -3.52. The lowest BCUT2D eigenvalue weighted by atomic mass is 9.75. The Morgan fingerprint density at radius 3 is 2.08 bits per heavy atom. The molecule has 2 heteroatoms. The van der Waals surface area contributed by atoms with Gasteiger partial charge in [-0.25, -0.2) is 9.97 Å². The van der Waals surface area contributed by atoms with Crippen molar-refractivity contribution in [2.75, 3.05) is 0 Å². The maximum atomic E-state index is 4.95. The quantitative estimate of drug-likeness (QED) is 0.257. The van der Waals surface area contributed by atoms with Crippen LogP contribution in [0.5, 0.6) is 0 Å². The summed E-state index contributed by atoms with van der Waals surface area (Å²) in [6.07, 6.45) is 1.76. The average molecular weight is 471 g/mol. The molecule has 0 unspecified atom stereocenters. The van der Waals surface area contributed by atoms with E-state index in [-0.39, 0.29) is 10.8 Å². The van der Waals surface area contributed by atoms with Crippen LogP contribution in [-0.4, -0.2) is 9.97 Å². The van der Waals surface area contributed by atoms with Gasteiger partial charge in [-0.05, 0) is 55.6 Å². The summed E-state index contributed by atoms with van der Waals surface area (Å²) in [7, 11) is 0. The third kappa shape index (κ3) is 3.24. The van der Waals surface area contributed by atoms with Gasteiger partial charge in [0.1, 0.15) is 6.33 Å². The van der Waals surface area contributed by atoms with Crippen molar-refractivity contribution in [3.63, 3.8) is 0 Å². The Kier molecular flexibility index (Phi) is 4.92. The SMILES string of the molecule is CC(C)c1c2c(cc3ccccc13)-c1ncnc(-c3cccc4cc(C(C)(C)C)ccc34)c1C2(C)C. The van der Waals surface area contributed by atoms with Crippen LogP contribution in [0.4, 0.5) is 0 Å². The van der Waals surface area contributed by atoms with E-state index < -0.39 is 0 Å². The van der Waals surface area contributed by atoms with Crippen LogP contribution in [0.25, 0.3) is 44.1 Å². The molecule has 0 spiro atoms. The summed E-state index contributed by atoms with van der Waals surface area (Å²) in [5.74, 6) is 0.406. The number of hydrogen-bond acceptors (Lipinski definition) is 2. The van der Waals surface area contributed by atoms with Crippen LogP contribution in [0.3, 0.4) is 0 Å². The highest BCUT2D eigenvalue weighted by atomic mass is 14.9. The molecule has 0 fully saturated rings. The molecule has 5 aromatic rings. The van der Waals surface area contributed by atoms with Gasteiger partial charge >= 0.3 is 0 Å². The molecular weight excluding hydrogens is 436 g/mol. The maximum absolute atomic E-state index is 4.95. The number of hydrogen-bond donors (Lipinski definition) is 0. The highest BCUT2D eigenvalue weighted by Gasteiger charge is 2.42. The van der Waals surface area contributed by atoms with Crippen molar-refractivity contribution < 1.29 is 0 Å². The van der Waals surface area contributed by atoms with Gasteiger partial charge in [-0.15, -0.1) is 0 Å². The van der Waals surface area contributed by atoms with E-state index in [1.165, 1.54) is 54.9 Å². The molecule has 4 aromatic carbocycles. The van der Waals surface area contributed by atoms with Crippen LogP contribution >= 0.6 is 0 Å². The first-order chi connectivity index (χ1) is 17.1. The fourth-order valence-electron chi connectivity index (χ4n) is 6.30. The van der Waals surface area contributed by atoms with Crippen molar-refractivity contribution in [3.05, 3.63) is 95.3 Å². The first kappa shape index (κ1) is 22.9. The van der Waals surface area contributed by atoms with Crippen LogP contribution in [0.15, 0.2) is 73.1 Å². The monoisotopic (exact) mass is 470 g/mol. The minimum Gasteiger partial charge on any atom is -0.236 e. The summed E-state index contributed by atoms with van der Waals surface area (Å²) in [5, 5.41) is 5.13. The fourth-order valence-corrected chi connectivity index (χ4v) is 6.30. The van der Waals surface area contributed by atoms with Crippen molar-refractivity contribution in [1.82, 2.24) is 9.97 Å². The van der Waals surface area contributed by atoms with Crippen molar-refractivity contribution in [2.45, 2.75) is 65.2 Å². The van der Waals surface area contributed by atoms with E-state index in [2.05, 4.69) is 115 Å². The number of rotatable bonds is 2. The lowest BCUT2D eigenvalue weighted by Gasteiger charge is -2.28. The average Bonchev–Trinajstić information content (AvgIpc) is 3.08. The topological polar surface area (TPSA) is 25.8 Å². The second-order valence-electron chi connectivity index (χ2n) is 12.2. The van der Waals surface area contributed by atoms with Gasteiger partial charge in [0.2, 0.25) is 0 Å². The van der Waals surface area contributed by atoms with E-state index in [4.69, 9.17) is 9.97 Å². The van der Waals surface area contributed by atoms with E-state index in [9.17, 15) is 0 Å². The van der Waals surface area contributed by atoms with E-state index in [0.717, 1.165) is 11.4 Å². The lowest BCUT2D eigenvalue weighted by molar-refractivity contribution is 0.591. The van der Waals surface area contributed by atoms with Gasteiger partial charge < -0.3 is 0 Å². The molecule has 0 saturated heterocycles. The Bertz CT molecular complexity index is 1670. The van der Waals surface area contributed by atoms with Gasteiger partial charge in [0.15, 0.2) is 0 Å². The van der Waals surface area contributed by atoms with Crippen molar-refractivity contribution >= 4 is 21.5 Å². The summed E-state index contributed by atoms with van der Waals surface area (Å²) in [6, 6.07) is 24.6. The molecule has 1 aliphatic carbocycles. The van der Waals surface area contributed by atoms with Crippen molar-refractivity contribution in [3.8, 4) is 22.5 Å². The largest absolute Gasteiger partial charge is 0.236 e. The lowest BCUT2D eigenvalue weighted by Crippen LogP contribution is -2.20. The molecule has 0 bridgehead atoms. The van der Waals surface area contributed by atoms with Crippen molar-refractivity contribution in [2.24, 2.45) is 0 Å². The molecule has 180 valence electrons. The standard InChI is InChI=1S/C34H34N2/c1-20(2)28-25-13-9-8-11-22(25)18-27-29(28)34(6,7)30-31(35-19-36-32(27)30)26-14-10-12-21-17-23(33(3,4)5)15-16-24(21)26/h8-20H,1-7H3. The fraction of sp³-hybridized carbons (Fsp3) is 0.294. The summed E-state index contributed by atoms with van der Waals surface area (Å²) >= 11 is 0. The van der Waals surface area contributed by atoms with Gasteiger partial charge in [-0.1, -0.05) is 109 Å². The molecule has 6 rings (SSSR count). The zero-order valence-corrected chi connectivity index (χ0v) is 22.4. The summed E-state index contributed by atoms with van der Waals surface area (Å²) < 4.78 is 0. The van der Waals surface area contributed by atoms with E-state index in [1.807, 2.05) is 0 Å². The molecule has 1 aromatic heterocycles. The highest BCUT2D eigenvalue weighted by molar-refractivity contribution is 6.01. The van der Waals surface area contributed by atoms with Gasteiger partial charge in [0.05, 0.1) is 11.4 Å². The van der Waals surface area contributed by atoms with Gasteiger partial charge in [0, 0.05) is 22.1 Å². The molecule has 1 heterocycles. The van der Waals surface area contributed by atoms with Crippen LogP contribution < -0.4 is 0 Å². The molecular formula is C34H34N2. The predicted molar refractivity (Wildman–Crippen MR) is 153 cm³/mol. The van der Waals surface area contributed by atoms with Crippen LogP contribution in [0.2, 0.25) is 0 Å². The Balaban J connectivity index is 1.66. The zero-order valence-electron chi connectivity index (χ0n) is 22.4. The Morgan fingerprint density at radius 2 is 1.36 bits per heavy atom. The molecule has 0 amide bonds. The number of nitrogens with zero attached hydrogens (tertiary/aromatic N) is 2. The smallest absolute Gasteiger partial charge is 0.116 e. The van der Waals surface area contributed by atoms with E-state index in [1.54, 1.807) is 6.33 Å². The molecule has 36 heavy (non-hydrogen) atoms. The minimum absolute atomic E-state index is 0.110. The summed E-state index contributed by atoms with van der Waals surface area (Å²) in [5.41, 5.74) is 9.90. The molecule has 1 aliphatic rings. The minimum atomic E-state index is -0.210. The van der Waals surface area contributed by atoms with Crippen LogP contribution in [-0.2, 0) is 10.8 Å². The second kappa shape index (κ2) is 7.74. The molecule has 0 saturated carbocycles. The van der Waals surface area contributed by atoms with Gasteiger partial charge in [-0.3, -0.25) is 0 Å². The Labute approximate surface area is 214 Å². The Morgan fingerprint density at radius 1 is 0.694 bits per heavy atom. The highest BCUT2D eigenvalue weighted by Crippen LogP contribution is 2.55. The normalized spacial score (nSPS) is 14.4. The van der Waals surface area contributed by atoms with Crippen molar-refractivity contribution in [1.29, 1.82) is 0 Å². The van der Waals surface area contributed by atoms with Gasteiger partial charge in [-0.2, -0.15) is 0 Å². The molecule has 0 aliphatic heterocycles. The third-order valence-electron chi connectivity index (χ3n) is 8.02. The molecule has 0 N–H and O–H groups in total. The van der Waals surface area contributed by atoms with Crippen LogP contribution in [0, 0.1) is 0 Å². The maximum Gasteiger partial charge on any atom is 0.116 e. The number of benzene rings is 4. The number of aromatic nitrogens is 2. The molecule has 0 radical (unpaired) electrons. The number of fused-ring (bicyclic) bond motifs is 5. The first-order valence-corrected chi connectivity index (χ1v) is 13.0. The third-order valence-corrected chi connectivity index (χ3v) is 8.02. The zero-order chi connectivity index (χ0) is 25.4. The summed E-state index contributed by atoms with van der Waals surface area (Å²) in [6.45, 7) is 16.1. The van der Waals surface area contributed by atoms with E-state index >= 15 is 0 Å². The second-order valence-corrected chi connectivity index (χ2v) is 12.2. The van der Waals surface area contributed by atoms with E-state index in [0.29, 0.717) is 5.92 Å².